The molecule has 7 heteroatoms. The molecule has 0 bridgehead atoms. The van der Waals surface area contributed by atoms with Crippen molar-refractivity contribution in [2.75, 3.05) is 13.1 Å². The summed E-state index contributed by atoms with van der Waals surface area (Å²) in [6, 6.07) is 9.91. The Balaban J connectivity index is 1.73. The average Bonchev–Trinajstić information content (AvgIpc) is 3.17. The summed E-state index contributed by atoms with van der Waals surface area (Å²) < 4.78 is 7.61. The largest absolute Gasteiger partial charge is 0.466 e. The van der Waals surface area contributed by atoms with E-state index < -0.39 is 5.60 Å². The van der Waals surface area contributed by atoms with Gasteiger partial charge in [-0.15, -0.1) is 0 Å². The van der Waals surface area contributed by atoms with Crippen molar-refractivity contribution in [1.29, 1.82) is 0 Å². The maximum atomic E-state index is 10.9. The Bertz CT molecular complexity index is 984. The number of nitrogens with zero attached hydrogens (tertiary/aromatic N) is 3. The zero-order valence-electron chi connectivity index (χ0n) is 17.2. The molecule has 0 aliphatic heterocycles. The Morgan fingerprint density at radius 3 is 2.68 bits per heavy atom. The van der Waals surface area contributed by atoms with Crippen molar-refractivity contribution in [3.05, 3.63) is 53.2 Å². The number of fused-ring (bicyclic) bond motifs is 1. The number of aromatic nitrogens is 2. The van der Waals surface area contributed by atoms with E-state index in [1.807, 2.05) is 58.2 Å². The number of benzene rings is 1. The van der Waals surface area contributed by atoms with Crippen molar-refractivity contribution in [3.63, 3.8) is 0 Å². The first-order valence-corrected chi connectivity index (χ1v) is 9.54. The SMILES string of the molecule is CCNC(=NCc1nc2ccccc2n1C)NCC(C)(O)c1cc(C)oc1C. The van der Waals surface area contributed by atoms with Gasteiger partial charge < -0.3 is 24.7 Å². The van der Waals surface area contributed by atoms with Crippen molar-refractivity contribution in [3.8, 4) is 0 Å². The van der Waals surface area contributed by atoms with Crippen molar-refractivity contribution >= 4 is 17.0 Å². The lowest BCUT2D eigenvalue weighted by molar-refractivity contribution is 0.0601. The molecule has 7 nitrogen and oxygen atoms in total. The maximum Gasteiger partial charge on any atom is 0.191 e. The minimum Gasteiger partial charge on any atom is -0.466 e. The number of aryl methyl sites for hydroxylation is 3. The Morgan fingerprint density at radius 2 is 2.04 bits per heavy atom. The molecule has 3 rings (SSSR count). The number of hydrogen-bond donors (Lipinski definition) is 3. The lowest BCUT2D eigenvalue weighted by Crippen LogP contribution is -2.44. The van der Waals surface area contributed by atoms with Gasteiger partial charge in [0.05, 0.1) is 17.6 Å². The molecule has 1 unspecified atom stereocenters. The molecule has 3 N–H and O–H groups in total. The molecular weight excluding hydrogens is 354 g/mol. The fraction of sp³-hybridized carbons (Fsp3) is 0.429. The number of nitrogens with one attached hydrogen (secondary N) is 2. The molecule has 0 radical (unpaired) electrons. The van der Waals surface area contributed by atoms with Gasteiger partial charge in [-0.05, 0) is 45.9 Å². The number of guanidine groups is 1. The van der Waals surface area contributed by atoms with Crippen molar-refractivity contribution in [2.24, 2.45) is 12.0 Å². The van der Waals surface area contributed by atoms with Crippen LogP contribution in [0.5, 0.6) is 0 Å². The molecule has 3 aromatic rings. The van der Waals surface area contributed by atoms with E-state index in [0.717, 1.165) is 40.5 Å². The molecule has 2 heterocycles. The number of rotatable bonds is 6. The lowest BCUT2D eigenvalue weighted by Gasteiger charge is -2.24. The second-order valence-corrected chi connectivity index (χ2v) is 7.23. The molecule has 2 aromatic heterocycles. The quantitative estimate of drug-likeness (QED) is 0.450. The third kappa shape index (κ3) is 4.20. The molecule has 0 aliphatic carbocycles. The summed E-state index contributed by atoms with van der Waals surface area (Å²) in [6.07, 6.45) is 0. The highest BCUT2D eigenvalue weighted by atomic mass is 16.3. The molecule has 0 saturated carbocycles. The van der Waals surface area contributed by atoms with E-state index in [-0.39, 0.29) is 0 Å². The number of furan rings is 1. The van der Waals surface area contributed by atoms with Gasteiger partial charge in [0.1, 0.15) is 29.5 Å². The van der Waals surface area contributed by atoms with Crippen LogP contribution in [-0.4, -0.2) is 33.7 Å². The zero-order chi connectivity index (χ0) is 20.3. The average molecular weight is 383 g/mol. The number of hydrogen-bond acceptors (Lipinski definition) is 4. The van der Waals surface area contributed by atoms with Crippen LogP contribution >= 0.6 is 0 Å². The van der Waals surface area contributed by atoms with E-state index in [4.69, 9.17) is 4.42 Å². The van der Waals surface area contributed by atoms with Gasteiger partial charge in [0.2, 0.25) is 0 Å². The van der Waals surface area contributed by atoms with Gasteiger partial charge in [-0.25, -0.2) is 9.98 Å². The standard InChI is InChI=1S/C21H29N5O2/c1-6-22-20(24-13-21(4,27)16-11-14(2)28-15(16)3)23-12-19-25-17-9-7-8-10-18(17)26(19)5/h7-11,27H,6,12-13H2,1-5H3,(H2,22,23,24). The van der Waals surface area contributed by atoms with Crippen LogP contribution in [0.2, 0.25) is 0 Å². The van der Waals surface area contributed by atoms with Crippen molar-refractivity contribution < 1.29 is 9.52 Å². The van der Waals surface area contributed by atoms with Crippen LogP contribution in [0.4, 0.5) is 0 Å². The highest BCUT2D eigenvalue weighted by Crippen LogP contribution is 2.26. The molecule has 0 saturated heterocycles. The summed E-state index contributed by atoms with van der Waals surface area (Å²) in [4.78, 5) is 9.29. The maximum absolute atomic E-state index is 10.9. The van der Waals surface area contributed by atoms with E-state index >= 15 is 0 Å². The van der Waals surface area contributed by atoms with Crippen LogP contribution in [0.3, 0.4) is 0 Å². The number of imidazole rings is 1. The third-order valence-electron chi connectivity index (χ3n) is 4.82. The summed E-state index contributed by atoms with van der Waals surface area (Å²) >= 11 is 0. The first kappa shape index (κ1) is 19.9. The number of aliphatic hydroxyl groups is 1. The normalized spacial score (nSPS) is 14.3. The Kier molecular flexibility index (Phi) is 5.74. The third-order valence-corrected chi connectivity index (χ3v) is 4.82. The molecule has 0 fully saturated rings. The first-order valence-electron chi connectivity index (χ1n) is 9.54. The topological polar surface area (TPSA) is 87.6 Å². The van der Waals surface area contributed by atoms with Gasteiger partial charge in [-0.3, -0.25) is 0 Å². The van der Waals surface area contributed by atoms with Crippen LogP contribution in [0.15, 0.2) is 39.7 Å². The highest BCUT2D eigenvalue weighted by molar-refractivity contribution is 5.80. The van der Waals surface area contributed by atoms with Gasteiger partial charge in [0.15, 0.2) is 5.96 Å². The van der Waals surface area contributed by atoms with Crippen LogP contribution in [0, 0.1) is 13.8 Å². The summed E-state index contributed by atoms with van der Waals surface area (Å²) in [5.41, 5.74) is 1.75. The van der Waals surface area contributed by atoms with Gasteiger partial charge in [-0.1, -0.05) is 12.1 Å². The fourth-order valence-corrected chi connectivity index (χ4v) is 3.34. The number of para-hydroxylation sites is 2. The second kappa shape index (κ2) is 8.06. The second-order valence-electron chi connectivity index (χ2n) is 7.23. The van der Waals surface area contributed by atoms with E-state index in [1.54, 1.807) is 6.92 Å². The van der Waals surface area contributed by atoms with E-state index in [0.29, 0.717) is 19.0 Å². The molecule has 0 aliphatic rings. The van der Waals surface area contributed by atoms with E-state index in [1.165, 1.54) is 0 Å². The fourth-order valence-electron chi connectivity index (χ4n) is 3.34. The molecule has 0 spiro atoms. The van der Waals surface area contributed by atoms with Crippen LogP contribution < -0.4 is 10.6 Å². The van der Waals surface area contributed by atoms with E-state index in [2.05, 4.69) is 25.2 Å². The molecule has 28 heavy (non-hydrogen) atoms. The minimum atomic E-state index is -1.07. The van der Waals surface area contributed by atoms with Crippen LogP contribution in [0.1, 0.15) is 36.8 Å². The predicted octanol–water partition coefficient (Wildman–Crippen LogP) is 2.75. The summed E-state index contributed by atoms with van der Waals surface area (Å²) in [7, 11) is 2.00. The van der Waals surface area contributed by atoms with Crippen LogP contribution in [-0.2, 0) is 19.2 Å². The zero-order valence-corrected chi connectivity index (χ0v) is 17.2. The minimum absolute atomic E-state index is 0.307. The van der Waals surface area contributed by atoms with Crippen LogP contribution in [0.25, 0.3) is 11.0 Å². The summed E-state index contributed by atoms with van der Waals surface area (Å²) in [5, 5.41) is 17.3. The molecule has 1 atom stereocenters. The first-order chi connectivity index (χ1) is 13.3. The summed E-state index contributed by atoms with van der Waals surface area (Å²) in [5.74, 6) is 3.03. The van der Waals surface area contributed by atoms with Gasteiger partial charge >= 0.3 is 0 Å². The van der Waals surface area contributed by atoms with Crippen molar-refractivity contribution in [2.45, 2.75) is 39.8 Å². The summed E-state index contributed by atoms with van der Waals surface area (Å²) in [6.45, 7) is 8.98. The van der Waals surface area contributed by atoms with Crippen molar-refractivity contribution in [1.82, 2.24) is 20.2 Å². The lowest BCUT2D eigenvalue weighted by atomic mass is 9.96. The van der Waals surface area contributed by atoms with Gasteiger partial charge in [0.25, 0.3) is 0 Å². The van der Waals surface area contributed by atoms with Gasteiger partial charge in [-0.2, -0.15) is 0 Å². The Morgan fingerprint density at radius 1 is 1.29 bits per heavy atom. The predicted molar refractivity (Wildman–Crippen MR) is 111 cm³/mol. The van der Waals surface area contributed by atoms with E-state index in [9.17, 15) is 5.11 Å². The monoisotopic (exact) mass is 383 g/mol. The smallest absolute Gasteiger partial charge is 0.191 e. The molecular formula is C21H29N5O2. The Hall–Kier alpha value is -2.80. The Labute approximate surface area is 165 Å². The molecule has 0 amide bonds. The highest BCUT2D eigenvalue weighted by Gasteiger charge is 2.27. The molecule has 150 valence electrons. The van der Waals surface area contributed by atoms with Gasteiger partial charge in [0, 0.05) is 19.2 Å². The number of aliphatic imine (C=N–C) groups is 1. The molecule has 1 aromatic carbocycles.